The molecule has 1 amide bonds. The van der Waals surface area contributed by atoms with Gasteiger partial charge in [-0.05, 0) is 43.5 Å². The molecule has 0 saturated carbocycles. The number of benzene rings is 1. The molecule has 0 aromatic heterocycles. The minimum absolute atomic E-state index is 0.107. The lowest BCUT2D eigenvalue weighted by Crippen LogP contribution is -2.35. The molecule has 1 atom stereocenters. The summed E-state index contributed by atoms with van der Waals surface area (Å²) in [7, 11) is 0. The summed E-state index contributed by atoms with van der Waals surface area (Å²) in [5, 5.41) is 2.87. The Morgan fingerprint density at radius 2 is 1.94 bits per heavy atom. The fourth-order valence-corrected chi connectivity index (χ4v) is 2.04. The number of unbranched alkanes of at least 4 members (excludes halogenated alkanes) is 1. The summed E-state index contributed by atoms with van der Waals surface area (Å²) in [6.07, 6.45) is 2.77. The largest absolute Gasteiger partial charge is 0.325 e. The van der Waals surface area contributed by atoms with Crippen molar-refractivity contribution in [3.8, 4) is 0 Å². The van der Waals surface area contributed by atoms with Gasteiger partial charge in [0.2, 0.25) is 5.91 Å². The molecule has 0 fully saturated rings. The van der Waals surface area contributed by atoms with E-state index in [4.69, 9.17) is 5.73 Å². The van der Waals surface area contributed by atoms with E-state index >= 15 is 0 Å². The lowest BCUT2D eigenvalue weighted by molar-refractivity contribution is -0.117. The molecule has 0 bridgehead atoms. The van der Waals surface area contributed by atoms with Crippen LogP contribution in [0, 0.1) is 13.8 Å². The van der Waals surface area contributed by atoms with Gasteiger partial charge in [-0.15, -0.1) is 0 Å². The number of carbonyl (C=O) groups excluding carboxylic acids is 1. The maximum absolute atomic E-state index is 11.9. The zero-order valence-corrected chi connectivity index (χ0v) is 12.8. The third-order valence-electron chi connectivity index (χ3n) is 2.91. The highest BCUT2D eigenvalue weighted by molar-refractivity contribution is 9.10. The van der Waals surface area contributed by atoms with E-state index in [0.717, 1.165) is 40.5 Å². The summed E-state index contributed by atoms with van der Waals surface area (Å²) >= 11 is 3.51. The van der Waals surface area contributed by atoms with E-state index in [1.165, 1.54) is 0 Å². The second kappa shape index (κ2) is 6.90. The molecule has 1 rings (SSSR count). The van der Waals surface area contributed by atoms with Gasteiger partial charge in [-0.25, -0.2) is 0 Å². The molecule has 0 saturated heterocycles. The van der Waals surface area contributed by atoms with Crippen molar-refractivity contribution in [1.82, 2.24) is 0 Å². The molecule has 3 N–H and O–H groups in total. The quantitative estimate of drug-likeness (QED) is 0.874. The predicted molar refractivity (Wildman–Crippen MR) is 79.7 cm³/mol. The molecule has 3 nitrogen and oxygen atoms in total. The van der Waals surface area contributed by atoms with Crippen molar-refractivity contribution in [2.24, 2.45) is 5.73 Å². The summed E-state index contributed by atoms with van der Waals surface area (Å²) in [6.45, 7) is 6.10. The standard InChI is InChI=1S/C14H21BrN2O/c1-4-5-6-12(16)14(18)17-11-7-9(2)13(15)10(3)8-11/h7-8,12H,4-6,16H2,1-3H3,(H,17,18). The van der Waals surface area contributed by atoms with Crippen LogP contribution in [0.5, 0.6) is 0 Å². The monoisotopic (exact) mass is 312 g/mol. The summed E-state index contributed by atoms with van der Waals surface area (Å²) in [5.74, 6) is -0.107. The fraction of sp³-hybridized carbons (Fsp3) is 0.500. The van der Waals surface area contributed by atoms with E-state index in [0.29, 0.717) is 0 Å². The van der Waals surface area contributed by atoms with Crippen LogP contribution >= 0.6 is 15.9 Å². The molecule has 100 valence electrons. The number of aryl methyl sites for hydroxylation is 2. The Balaban J connectivity index is 2.70. The minimum atomic E-state index is -0.422. The van der Waals surface area contributed by atoms with Gasteiger partial charge in [-0.3, -0.25) is 4.79 Å². The summed E-state index contributed by atoms with van der Waals surface area (Å²) in [6, 6.07) is 3.47. The molecule has 1 aromatic rings. The SMILES string of the molecule is CCCCC(N)C(=O)Nc1cc(C)c(Br)c(C)c1. The molecule has 18 heavy (non-hydrogen) atoms. The van der Waals surface area contributed by atoms with Crippen LogP contribution < -0.4 is 11.1 Å². The molecule has 0 aliphatic rings. The van der Waals surface area contributed by atoms with Gasteiger partial charge >= 0.3 is 0 Å². The number of amides is 1. The number of nitrogens with one attached hydrogen (secondary N) is 1. The zero-order valence-electron chi connectivity index (χ0n) is 11.2. The number of hydrogen-bond acceptors (Lipinski definition) is 2. The van der Waals surface area contributed by atoms with Gasteiger partial charge in [0.25, 0.3) is 0 Å². The fourth-order valence-electron chi connectivity index (χ4n) is 1.81. The number of hydrogen-bond donors (Lipinski definition) is 2. The highest BCUT2D eigenvalue weighted by Crippen LogP contribution is 2.25. The second-order valence-electron chi connectivity index (χ2n) is 4.66. The van der Waals surface area contributed by atoms with Crippen LogP contribution in [-0.4, -0.2) is 11.9 Å². The van der Waals surface area contributed by atoms with Gasteiger partial charge in [0.05, 0.1) is 6.04 Å². The first-order valence-electron chi connectivity index (χ1n) is 6.29. The first kappa shape index (κ1) is 15.2. The van der Waals surface area contributed by atoms with Crippen molar-refractivity contribution >= 4 is 27.5 Å². The van der Waals surface area contributed by atoms with E-state index in [2.05, 4.69) is 28.2 Å². The van der Waals surface area contributed by atoms with E-state index in [-0.39, 0.29) is 5.91 Å². The van der Waals surface area contributed by atoms with E-state index < -0.39 is 6.04 Å². The van der Waals surface area contributed by atoms with Crippen molar-refractivity contribution in [3.05, 3.63) is 27.7 Å². The molecular formula is C14H21BrN2O. The minimum Gasteiger partial charge on any atom is -0.325 e. The number of carbonyl (C=O) groups is 1. The van der Waals surface area contributed by atoms with Crippen molar-refractivity contribution in [2.45, 2.75) is 46.1 Å². The van der Waals surface area contributed by atoms with Crippen LogP contribution in [0.15, 0.2) is 16.6 Å². The molecule has 1 aromatic carbocycles. The van der Waals surface area contributed by atoms with E-state index in [1.807, 2.05) is 26.0 Å². The lowest BCUT2D eigenvalue weighted by atomic mass is 10.1. The Bertz CT molecular complexity index is 409. The average molecular weight is 313 g/mol. The van der Waals surface area contributed by atoms with Crippen molar-refractivity contribution in [2.75, 3.05) is 5.32 Å². The van der Waals surface area contributed by atoms with Crippen LogP contribution in [0.2, 0.25) is 0 Å². The molecule has 0 aliphatic carbocycles. The van der Waals surface area contributed by atoms with Crippen molar-refractivity contribution in [1.29, 1.82) is 0 Å². The van der Waals surface area contributed by atoms with Gasteiger partial charge in [0.15, 0.2) is 0 Å². The number of nitrogens with two attached hydrogens (primary N) is 1. The normalized spacial score (nSPS) is 12.3. The number of anilines is 1. The Labute approximate surface area is 117 Å². The smallest absolute Gasteiger partial charge is 0.241 e. The third kappa shape index (κ3) is 4.10. The first-order valence-corrected chi connectivity index (χ1v) is 7.08. The van der Waals surface area contributed by atoms with Crippen LogP contribution in [0.3, 0.4) is 0 Å². The summed E-state index contributed by atoms with van der Waals surface area (Å²) in [4.78, 5) is 11.9. The molecule has 1 unspecified atom stereocenters. The maximum Gasteiger partial charge on any atom is 0.241 e. The van der Waals surface area contributed by atoms with Crippen LogP contribution in [0.4, 0.5) is 5.69 Å². The number of rotatable bonds is 5. The molecule has 0 aliphatic heterocycles. The van der Waals surface area contributed by atoms with Gasteiger partial charge in [-0.1, -0.05) is 35.7 Å². The Morgan fingerprint density at radius 1 is 1.39 bits per heavy atom. The van der Waals surface area contributed by atoms with Crippen LogP contribution in [-0.2, 0) is 4.79 Å². The third-order valence-corrected chi connectivity index (χ3v) is 4.16. The molecular weight excluding hydrogens is 292 g/mol. The highest BCUT2D eigenvalue weighted by Gasteiger charge is 2.13. The van der Waals surface area contributed by atoms with Crippen LogP contribution in [0.25, 0.3) is 0 Å². The van der Waals surface area contributed by atoms with Crippen LogP contribution in [0.1, 0.15) is 37.3 Å². The van der Waals surface area contributed by atoms with E-state index in [9.17, 15) is 4.79 Å². The van der Waals surface area contributed by atoms with E-state index in [1.54, 1.807) is 0 Å². The number of halogens is 1. The van der Waals surface area contributed by atoms with Gasteiger partial charge in [0, 0.05) is 10.2 Å². The highest BCUT2D eigenvalue weighted by atomic mass is 79.9. The van der Waals surface area contributed by atoms with Gasteiger partial charge < -0.3 is 11.1 Å². The zero-order chi connectivity index (χ0) is 13.7. The second-order valence-corrected chi connectivity index (χ2v) is 5.45. The van der Waals surface area contributed by atoms with Crippen molar-refractivity contribution < 1.29 is 4.79 Å². The molecule has 0 heterocycles. The molecule has 0 radical (unpaired) electrons. The van der Waals surface area contributed by atoms with Gasteiger partial charge in [0.1, 0.15) is 0 Å². The molecule has 0 spiro atoms. The summed E-state index contributed by atoms with van der Waals surface area (Å²) < 4.78 is 1.08. The Hall–Kier alpha value is -0.870. The lowest BCUT2D eigenvalue weighted by Gasteiger charge is -2.13. The topological polar surface area (TPSA) is 55.1 Å². The Kier molecular flexibility index (Phi) is 5.82. The average Bonchev–Trinajstić information content (AvgIpc) is 2.32. The Morgan fingerprint density at radius 3 is 2.44 bits per heavy atom. The molecule has 4 heteroatoms. The predicted octanol–water partition coefficient (Wildman–Crippen LogP) is 3.52. The van der Waals surface area contributed by atoms with Gasteiger partial charge in [-0.2, -0.15) is 0 Å². The first-order chi connectivity index (χ1) is 8.45. The maximum atomic E-state index is 11.9. The summed E-state index contributed by atoms with van der Waals surface area (Å²) in [5.41, 5.74) is 8.85. The van der Waals surface area contributed by atoms with Crippen molar-refractivity contribution in [3.63, 3.8) is 0 Å².